The smallest absolute Gasteiger partial charge is 0.124 e. The molecular formula is C10H13N3. The summed E-state index contributed by atoms with van der Waals surface area (Å²) in [6.07, 6.45) is 0. The molecule has 0 bridgehead atoms. The highest BCUT2D eigenvalue weighted by molar-refractivity contribution is 5.95. The Labute approximate surface area is 77.9 Å². The average Bonchev–Trinajstić information content (AvgIpc) is 2.46. The third-order valence-corrected chi connectivity index (χ3v) is 2.31. The van der Waals surface area contributed by atoms with Crippen molar-refractivity contribution in [1.29, 1.82) is 0 Å². The lowest BCUT2D eigenvalue weighted by atomic mass is 10.0. The highest BCUT2D eigenvalue weighted by Gasteiger charge is 2.21. The van der Waals surface area contributed by atoms with Gasteiger partial charge in [0, 0.05) is 13.0 Å². The number of aliphatic imine (C=N–C) groups is 1. The Morgan fingerprint density at radius 1 is 1.31 bits per heavy atom. The maximum Gasteiger partial charge on any atom is 0.124 e. The Morgan fingerprint density at radius 3 is 2.77 bits per heavy atom. The van der Waals surface area contributed by atoms with Crippen molar-refractivity contribution in [1.82, 2.24) is 10.9 Å². The minimum atomic E-state index is 0.364. The first-order valence-electron chi connectivity index (χ1n) is 4.43. The summed E-state index contributed by atoms with van der Waals surface area (Å²) >= 11 is 0. The highest BCUT2D eigenvalue weighted by Crippen LogP contribution is 2.33. The van der Waals surface area contributed by atoms with Crippen LogP contribution in [-0.4, -0.2) is 12.9 Å². The number of fused-ring (bicyclic) bond motifs is 1. The number of nitrogens with one attached hydrogen (secondary N) is 2. The lowest BCUT2D eigenvalue weighted by Crippen LogP contribution is -2.35. The van der Waals surface area contributed by atoms with Crippen LogP contribution in [0.3, 0.4) is 0 Å². The van der Waals surface area contributed by atoms with Gasteiger partial charge in [-0.3, -0.25) is 0 Å². The minimum absolute atomic E-state index is 0.364. The molecule has 1 aliphatic heterocycles. The van der Waals surface area contributed by atoms with Gasteiger partial charge in [0.25, 0.3) is 0 Å². The second-order valence-corrected chi connectivity index (χ2v) is 3.15. The number of hydrazine groups is 1. The Hall–Kier alpha value is -1.35. The molecule has 3 heteroatoms. The van der Waals surface area contributed by atoms with Crippen molar-refractivity contribution in [2.75, 3.05) is 7.05 Å². The second kappa shape index (κ2) is 3.18. The standard InChI is InChI=1S/C10H13N3/c1-7-8-5-3-4-6-9(8)12-10(7)13-11-2/h3-7,11H,1-2H3,(H,12,13). The normalized spacial score (nSPS) is 19.5. The fourth-order valence-corrected chi connectivity index (χ4v) is 1.59. The Kier molecular flexibility index (Phi) is 2.02. The van der Waals surface area contributed by atoms with Gasteiger partial charge in [0.15, 0.2) is 0 Å². The second-order valence-electron chi connectivity index (χ2n) is 3.15. The van der Waals surface area contributed by atoms with Crippen molar-refractivity contribution in [2.45, 2.75) is 12.8 Å². The molecule has 1 unspecified atom stereocenters. The molecule has 0 aliphatic carbocycles. The predicted octanol–water partition coefficient (Wildman–Crippen LogP) is 1.56. The number of hydrogen-bond donors (Lipinski definition) is 2. The molecular weight excluding hydrogens is 162 g/mol. The highest BCUT2D eigenvalue weighted by atomic mass is 15.4. The van der Waals surface area contributed by atoms with Gasteiger partial charge in [-0.25, -0.2) is 10.4 Å². The van der Waals surface area contributed by atoms with Crippen molar-refractivity contribution in [2.24, 2.45) is 4.99 Å². The van der Waals surface area contributed by atoms with E-state index in [0.717, 1.165) is 11.5 Å². The Bertz CT molecular complexity index is 344. The summed E-state index contributed by atoms with van der Waals surface area (Å²) in [5, 5.41) is 0. The van der Waals surface area contributed by atoms with Crippen LogP contribution >= 0.6 is 0 Å². The molecule has 2 rings (SSSR count). The molecule has 13 heavy (non-hydrogen) atoms. The number of para-hydroxylation sites is 1. The van der Waals surface area contributed by atoms with Crippen LogP contribution < -0.4 is 10.9 Å². The van der Waals surface area contributed by atoms with E-state index in [-0.39, 0.29) is 0 Å². The average molecular weight is 175 g/mol. The summed E-state index contributed by atoms with van der Waals surface area (Å²) in [7, 11) is 1.85. The monoisotopic (exact) mass is 175 g/mol. The summed E-state index contributed by atoms with van der Waals surface area (Å²) < 4.78 is 0. The van der Waals surface area contributed by atoms with Gasteiger partial charge in [-0.1, -0.05) is 25.1 Å². The van der Waals surface area contributed by atoms with E-state index in [0.29, 0.717) is 5.92 Å². The molecule has 1 aromatic carbocycles. The van der Waals surface area contributed by atoms with E-state index in [1.165, 1.54) is 5.56 Å². The van der Waals surface area contributed by atoms with Crippen LogP contribution in [-0.2, 0) is 0 Å². The molecule has 1 atom stereocenters. The molecule has 1 aromatic rings. The van der Waals surface area contributed by atoms with E-state index in [1.54, 1.807) is 0 Å². The molecule has 0 aromatic heterocycles. The van der Waals surface area contributed by atoms with Crippen LogP contribution in [0.1, 0.15) is 18.4 Å². The molecule has 2 N–H and O–H groups in total. The van der Waals surface area contributed by atoms with Gasteiger partial charge in [-0.2, -0.15) is 0 Å². The van der Waals surface area contributed by atoms with Crippen molar-refractivity contribution < 1.29 is 0 Å². The first-order valence-corrected chi connectivity index (χ1v) is 4.43. The number of rotatable bonds is 1. The van der Waals surface area contributed by atoms with Crippen LogP contribution in [0.15, 0.2) is 29.3 Å². The van der Waals surface area contributed by atoms with Crippen molar-refractivity contribution >= 4 is 11.5 Å². The van der Waals surface area contributed by atoms with E-state index >= 15 is 0 Å². The van der Waals surface area contributed by atoms with Gasteiger partial charge in [0.1, 0.15) is 5.84 Å². The zero-order valence-corrected chi connectivity index (χ0v) is 7.83. The molecule has 0 amide bonds. The van der Waals surface area contributed by atoms with Crippen LogP contribution in [0.2, 0.25) is 0 Å². The molecule has 0 spiro atoms. The Balaban J connectivity index is 2.33. The summed E-state index contributed by atoms with van der Waals surface area (Å²) in [6.45, 7) is 2.15. The molecule has 0 fully saturated rings. The van der Waals surface area contributed by atoms with Crippen LogP contribution in [0.4, 0.5) is 5.69 Å². The van der Waals surface area contributed by atoms with Gasteiger partial charge >= 0.3 is 0 Å². The summed E-state index contributed by atoms with van der Waals surface area (Å²) in [6, 6.07) is 8.22. The van der Waals surface area contributed by atoms with Crippen LogP contribution in [0.5, 0.6) is 0 Å². The molecule has 3 nitrogen and oxygen atoms in total. The van der Waals surface area contributed by atoms with Gasteiger partial charge < -0.3 is 5.43 Å². The van der Waals surface area contributed by atoms with Crippen LogP contribution in [0, 0.1) is 0 Å². The fourth-order valence-electron chi connectivity index (χ4n) is 1.59. The number of nitrogens with zero attached hydrogens (tertiary/aromatic N) is 1. The third kappa shape index (κ3) is 1.31. The zero-order valence-electron chi connectivity index (χ0n) is 7.83. The SMILES string of the molecule is CNNC1=Nc2ccccc2C1C. The maximum absolute atomic E-state index is 4.47. The summed E-state index contributed by atoms with van der Waals surface area (Å²) in [5.41, 5.74) is 8.30. The lowest BCUT2D eigenvalue weighted by molar-refractivity contribution is 0.744. The predicted molar refractivity (Wildman–Crippen MR) is 54.1 cm³/mol. The van der Waals surface area contributed by atoms with Crippen molar-refractivity contribution in [3.63, 3.8) is 0 Å². The zero-order chi connectivity index (χ0) is 9.26. The number of amidine groups is 1. The third-order valence-electron chi connectivity index (χ3n) is 2.31. The molecule has 68 valence electrons. The van der Waals surface area contributed by atoms with E-state index < -0.39 is 0 Å². The van der Waals surface area contributed by atoms with E-state index in [9.17, 15) is 0 Å². The Morgan fingerprint density at radius 2 is 2.08 bits per heavy atom. The van der Waals surface area contributed by atoms with E-state index in [2.05, 4.69) is 28.8 Å². The minimum Gasteiger partial charge on any atom is -0.309 e. The number of hydrogen-bond acceptors (Lipinski definition) is 3. The maximum atomic E-state index is 4.47. The molecule has 0 saturated heterocycles. The van der Waals surface area contributed by atoms with E-state index in [4.69, 9.17) is 0 Å². The lowest BCUT2D eigenvalue weighted by Gasteiger charge is -2.09. The molecule has 0 radical (unpaired) electrons. The summed E-state index contributed by atoms with van der Waals surface area (Å²) in [5.74, 6) is 1.35. The molecule has 1 heterocycles. The topological polar surface area (TPSA) is 36.4 Å². The first-order chi connectivity index (χ1) is 6.33. The summed E-state index contributed by atoms with van der Waals surface area (Å²) in [4.78, 5) is 4.47. The van der Waals surface area contributed by atoms with Gasteiger partial charge in [0.05, 0.1) is 5.69 Å². The fraction of sp³-hybridized carbons (Fsp3) is 0.300. The van der Waals surface area contributed by atoms with Crippen molar-refractivity contribution in [3.05, 3.63) is 29.8 Å². The van der Waals surface area contributed by atoms with Gasteiger partial charge in [-0.15, -0.1) is 0 Å². The molecule has 1 aliphatic rings. The number of benzene rings is 1. The van der Waals surface area contributed by atoms with Crippen LogP contribution in [0.25, 0.3) is 0 Å². The van der Waals surface area contributed by atoms with Gasteiger partial charge in [-0.05, 0) is 11.6 Å². The van der Waals surface area contributed by atoms with E-state index in [1.807, 2.05) is 25.2 Å². The van der Waals surface area contributed by atoms with Gasteiger partial charge in [0.2, 0.25) is 0 Å². The molecule has 0 saturated carbocycles. The quantitative estimate of drug-likeness (QED) is 0.635. The first kappa shape index (κ1) is 8.26. The largest absolute Gasteiger partial charge is 0.309 e. The van der Waals surface area contributed by atoms with Crippen molar-refractivity contribution in [3.8, 4) is 0 Å².